The van der Waals surface area contributed by atoms with Gasteiger partial charge in [0, 0.05) is 24.8 Å². The number of nitrogens with zero attached hydrogens (tertiary/aromatic N) is 4. The van der Waals surface area contributed by atoms with Crippen LogP contribution in [0.2, 0.25) is 0 Å². The Morgan fingerprint density at radius 1 is 1.03 bits per heavy atom. The third-order valence-corrected chi connectivity index (χ3v) is 7.99. The maximum Gasteiger partial charge on any atom is 0.258 e. The van der Waals surface area contributed by atoms with E-state index in [4.69, 9.17) is 9.62 Å². The molecule has 2 fully saturated rings. The molecule has 2 aliphatic heterocycles. The number of rotatable bonds is 9. The number of carbonyl (C=O) groups excluding carboxylic acids is 1. The first-order chi connectivity index (χ1) is 18.1. The maximum absolute atomic E-state index is 14.0. The highest BCUT2D eigenvalue weighted by atomic mass is 17.2. The number of fused-ring (bicyclic) bond motifs is 1. The van der Waals surface area contributed by atoms with E-state index in [1.54, 1.807) is 7.11 Å². The number of hydrogen-bond acceptors (Lipinski definition) is 6. The lowest BCUT2D eigenvalue weighted by Crippen LogP contribution is -2.47. The molecule has 0 spiro atoms. The second kappa shape index (κ2) is 11.6. The summed E-state index contributed by atoms with van der Waals surface area (Å²) in [6.07, 6.45) is 11.2. The highest BCUT2D eigenvalue weighted by Crippen LogP contribution is 2.35. The van der Waals surface area contributed by atoms with Gasteiger partial charge in [0.1, 0.15) is 18.1 Å². The van der Waals surface area contributed by atoms with E-state index in [1.165, 1.54) is 32.8 Å². The molecule has 2 saturated carbocycles. The van der Waals surface area contributed by atoms with Crippen LogP contribution in [0.25, 0.3) is 11.5 Å². The fraction of sp³-hybridized carbons (Fsp3) is 0.552. The second-order valence-corrected chi connectivity index (χ2v) is 10.5. The predicted octanol–water partition coefficient (Wildman–Crippen LogP) is 5.48. The van der Waals surface area contributed by atoms with Crippen LogP contribution < -0.4 is 4.74 Å². The molecule has 2 aliphatic carbocycles. The Bertz CT molecular complexity index is 1160. The van der Waals surface area contributed by atoms with Crippen LogP contribution in [0.1, 0.15) is 80.0 Å². The number of aromatic nitrogens is 3. The third kappa shape index (κ3) is 5.65. The zero-order valence-electron chi connectivity index (χ0n) is 22.2. The summed E-state index contributed by atoms with van der Waals surface area (Å²) in [5, 5.41) is 0. The van der Waals surface area contributed by atoms with Crippen LogP contribution in [-0.2, 0) is 22.9 Å². The molecule has 8 nitrogen and oxygen atoms in total. The molecule has 0 bridgehead atoms. The van der Waals surface area contributed by atoms with Crippen molar-refractivity contribution in [2.24, 2.45) is 5.92 Å². The molecule has 0 N–H and O–H groups in total. The minimum Gasteiger partial charge on any atom is -0.496 e. The molecular weight excluding hydrogens is 468 g/mol. The molecule has 0 radical (unpaired) electrons. The highest BCUT2D eigenvalue weighted by Gasteiger charge is 2.35. The van der Waals surface area contributed by atoms with E-state index in [1.807, 2.05) is 41.1 Å². The summed E-state index contributed by atoms with van der Waals surface area (Å²) in [4.78, 5) is 35.1. The molecule has 5 rings (SSSR count). The summed E-state index contributed by atoms with van der Waals surface area (Å²) in [6.45, 7) is 3.10. The van der Waals surface area contributed by atoms with Gasteiger partial charge in [0.15, 0.2) is 11.6 Å². The summed E-state index contributed by atoms with van der Waals surface area (Å²) in [6, 6.07) is 10.5. The fourth-order valence-electron chi connectivity index (χ4n) is 6.01. The van der Waals surface area contributed by atoms with Gasteiger partial charge in [-0.15, -0.1) is 0 Å². The smallest absolute Gasteiger partial charge is 0.258 e. The van der Waals surface area contributed by atoms with Crippen LogP contribution in [-0.4, -0.2) is 51.6 Å². The Labute approximate surface area is 219 Å². The first kappa shape index (κ1) is 25.7. The summed E-state index contributed by atoms with van der Waals surface area (Å²) in [5.74, 6) is 2.84. The Morgan fingerprint density at radius 3 is 2.51 bits per heavy atom. The lowest BCUT2D eigenvalue weighted by atomic mass is 9.85. The second-order valence-electron chi connectivity index (χ2n) is 10.5. The maximum atomic E-state index is 14.0. The zero-order valence-corrected chi connectivity index (χ0v) is 22.2. The van der Waals surface area contributed by atoms with Gasteiger partial charge in [-0.25, -0.2) is 19.7 Å². The lowest BCUT2D eigenvalue weighted by Gasteiger charge is -2.40. The molecule has 198 valence electrons. The number of benzene rings is 1. The number of methoxy groups -OCH3 is 1. The minimum atomic E-state index is 0.120. The van der Waals surface area contributed by atoms with Gasteiger partial charge in [-0.1, -0.05) is 25.8 Å². The van der Waals surface area contributed by atoms with Crippen LogP contribution in [0.15, 0.2) is 36.5 Å². The van der Waals surface area contributed by atoms with Crippen molar-refractivity contribution in [3.05, 3.63) is 53.5 Å². The van der Waals surface area contributed by atoms with Crippen molar-refractivity contribution in [3.63, 3.8) is 0 Å². The molecule has 8 heteroatoms. The van der Waals surface area contributed by atoms with Crippen molar-refractivity contribution < 1.29 is 19.3 Å². The summed E-state index contributed by atoms with van der Waals surface area (Å²) in [7, 11) is 3.12. The van der Waals surface area contributed by atoms with E-state index in [0.29, 0.717) is 35.8 Å². The Balaban J connectivity index is 1.39. The first-order valence-electron chi connectivity index (χ1n) is 13.5. The normalized spacial score (nSPS) is 20.4. The van der Waals surface area contributed by atoms with Gasteiger partial charge in [-0.05, 0) is 74.3 Å². The molecule has 4 aliphatic rings. The van der Waals surface area contributed by atoms with Crippen LogP contribution in [0.5, 0.6) is 5.75 Å². The van der Waals surface area contributed by atoms with Gasteiger partial charge in [-0.3, -0.25) is 4.79 Å². The van der Waals surface area contributed by atoms with Crippen LogP contribution in [0, 0.1) is 5.92 Å². The number of amides is 1. The molecule has 1 aromatic rings. The number of pyridine rings is 1. The first-order valence-corrected chi connectivity index (χ1v) is 13.5. The van der Waals surface area contributed by atoms with E-state index in [9.17, 15) is 4.79 Å². The molecular formula is C29H38N4O4. The molecule has 0 unspecified atom stereocenters. The van der Waals surface area contributed by atoms with Gasteiger partial charge in [0.2, 0.25) is 0 Å². The quantitative estimate of drug-likeness (QED) is 0.282. The van der Waals surface area contributed by atoms with Crippen molar-refractivity contribution in [2.75, 3.05) is 14.2 Å². The monoisotopic (exact) mass is 506 g/mol. The number of hydrogen-bond donors (Lipinski definition) is 0. The topological polar surface area (TPSA) is 78.7 Å². The molecule has 0 aromatic heterocycles. The molecule has 1 amide bonds. The molecule has 0 atom stereocenters. The van der Waals surface area contributed by atoms with E-state index < -0.39 is 0 Å². The van der Waals surface area contributed by atoms with Crippen molar-refractivity contribution in [3.8, 4) is 17.3 Å². The number of carbonyl (C=O) groups is 1. The minimum absolute atomic E-state index is 0.120. The van der Waals surface area contributed by atoms with Crippen LogP contribution in [0.3, 0.4) is 0 Å². The van der Waals surface area contributed by atoms with Crippen molar-refractivity contribution in [2.45, 2.75) is 83.5 Å². The SMILES string of the molecule is COOCc1nc2cccn(Cc3ccc(C(=O)N(C4CCCC4)C4CCC(C)CC4)c(OC)c3)c-2n1. The van der Waals surface area contributed by atoms with E-state index in [-0.39, 0.29) is 12.5 Å². The Morgan fingerprint density at radius 2 is 1.78 bits per heavy atom. The Hall–Kier alpha value is -2.97. The fourth-order valence-corrected chi connectivity index (χ4v) is 6.01. The number of ether oxygens (including phenoxy) is 1. The largest absolute Gasteiger partial charge is 0.496 e. The summed E-state index contributed by atoms with van der Waals surface area (Å²) < 4.78 is 7.83. The van der Waals surface area contributed by atoms with Gasteiger partial charge >= 0.3 is 0 Å². The average molecular weight is 507 g/mol. The zero-order chi connectivity index (χ0) is 25.8. The average Bonchev–Trinajstić information content (AvgIpc) is 3.59. The van der Waals surface area contributed by atoms with Crippen LogP contribution in [0.4, 0.5) is 0 Å². The highest BCUT2D eigenvalue weighted by molar-refractivity contribution is 5.97. The van der Waals surface area contributed by atoms with Gasteiger partial charge < -0.3 is 14.2 Å². The molecule has 1 aromatic carbocycles. The van der Waals surface area contributed by atoms with E-state index in [2.05, 4.69) is 26.7 Å². The van der Waals surface area contributed by atoms with Crippen molar-refractivity contribution in [1.29, 1.82) is 0 Å². The predicted molar refractivity (Wildman–Crippen MR) is 140 cm³/mol. The summed E-state index contributed by atoms with van der Waals surface area (Å²) in [5.41, 5.74) is 2.49. The molecule has 37 heavy (non-hydrogen) atoms. The van der Waals surface area contributed by atoms with Crippen molar-refractivity contribution >= 4 is 5.91 Å². The molecule has 0 saturated heterocycles. The number of imidazole rings is 1. The van der Waals surface area contributed by atoms with E-state index >= 15 is 0 Å². The molecule has 2 heterocycles. The standard InChI is InChI=1S/C29H38N4O4/c1-20-10-13-23(14-11-20)33(22-7-4-5-8-22)29(34)24-15-12-21(17-26(24)35-2)18-32-16-6-9-25-28(32)31-27(30-25)19-37-36-3/h6,9,12,15-17,20,22-23H,4-5,7-8,10-11,13-14,18-19H2,1-3H3. The van der Waals surface area contributed by atoms with Gasteiger partial charge in [0.05, 0.1) is 19.8 Å². The van der Waals surface area contributed by atoms with Gasteiger partial charge in [-0.2, -0.15) is 0 Å². The summed E-state index contributed by atoms with van der Waals surface area (Å²) >= 11 is 0. The lowest BCUT2D eigenvalue weighted by molar-refractivity contribution is -0.283. The third-order valence-electron chi connectivity index (χ3n) is 7.99. The Kier molecular flexibility index (Phi) is 8.05. The van der Waals surface area contributed by atoms with Crippen LogP contribution >= 0.6 is 0 Å². The van der Waals surface area contributed by atoms with E-state index in [0.717, 1.165) is 48.7 Å². The van der Waals surface area contributed by atoms with Gasteiger partial charge in [0.25, 0.3) is 5.91 Å². The van der Waals surface area contributed by atoms with Crippen molar-refractivity contribution in [1.82, 2.24) is 19.4 Å².